The summed E-state index contributed by atoms with van der Waals surface area (Å²) >= 11 is 0. The lowest BCUT2D eigenvalue weighted by molar-refractivity contribution is -0.142. The molecule has 3 N–H and O–H groups in total. The fourth-order valence-corrected chi connectivity index (χ4v) is 1.74. The molecule has 0 saturated carbocycles. The second-order valence-corrected chi connectivity index (χ2v) is 4.13. The molecule has 0 spiro atoms. The van der Waals surface area contributed by atoms with Gasteiger partial charge in [-0.25, -0.2) is 4.79 Å². The van der Waals surface area contributed by atoms with E-state index in [2.05, 4.69) is 10.6 Å². The molecular formula is C10H18N2O3. The zero-order valence-electron chi connectivity index (χ0n) is 9.17. The highest BCUT2D eigenvalue weighted by atomic mass is 16.4. The van der Waals surface area contributed by atoms with Crippen molar-refractivity contribution in [2.75, 3.05) is 6.54 Å². The summed E-state index contributed by atoms with van der Waals surface area (Å²) in [6, 6.07) is -0.781. The Morgan fingerprint density at radius 2 is 2.27 bits per heavy atom. The van der Waals surface area contributed by atoms with E-state index in [-0.39, 0.29) is 5.91 Å². The number of carboxylic acid groups (broad SMARTS) is 1. The Bertz CT molecular complexity index is 259. The van der Waals surface area contributed by atoms with Gasteiger partial charge in [0.1, 0.15) is 6.04 Å². The molecule has 1 fully saturated rings. The molecule has 15 heavy (non-hydrogen) atoms. The standard InChI is InChI=1S/C10H18N2O3/c1-3-7(8(13)14)12-9(15)10(2)5-4-6-11-10/h7,11H,3-6H2,1-2H3,(H,12,15)(H,13,14)/t7-,10?/m0/s1. The van der Waals surface area contributed by atoms with Crippen LogP contribution in [0, 0.1) is 0 Å². The lowest BCUT2D eigenvalue weighted by Gasteiger charge is -2.25. The number of hydrogen-bond donors (Lipinski definition) is 3. The van der Waals surface area contributed by atoms with Gasteiger partial charge in [0.05, 0.1) is 5.54 Å². The molecule has 0 aliphatic carbocycles. The number of rotatable bonds is 4. The summed E-state index contributed by atoms with van der Waals surface area (Å²) in [6.07, 6.45) is 2.11. The minimum absolute atomic E-state index is 0.214. The number of carbonyl (C=O) groups is 2. The number of carboxylic acids is 1. The first-order chi connectivity index (χ1) is 6.99. The molecule has 1 aliphatic heterocycles. The summed E-state index contributed by atoms with van der Waals surface area (Å²) in [5.41, 5.74) is -0.594. The van der Waals surface area contributed by atoms with Crippen LogP contribution in [0.2, 0.25) is 0 Å². The Labute approximate surface area is 89.2 Å². The Balaban J connectivity index is 2.57. The maximum absolute atomic E-state index is 11.8. The molecule has 0 aromatic rings. The largest absolute Gasteiger partial charge is 0.480 e. The zero-order valence-corrected chi connectivity index (χ0v) is 9.17. The Morgan fingerprint density at radius 3 is 2.67 bits per heavy atom. The van der Waals surface area contributed by atoms with E-state index in [4.69, 9.17) is 5.11 Å². The molecule has 1 heterocycles. The molecule has 1 rings (SSSR count). The molecule has 0 aromatic heterocycles. The molecule has 5 heteroatoms. The van der Waals surface area contributed by atoms with Crippen molar-refractivity contribution in [2.45, 2.75) is 44.7 Å². The summed E-state index contributed by atoms with van der Waals surface area (Å²) in [4.78, 5) is 22.6. The molecule has 0 bridgehead atoms. The Hall–Kier alpha value is -1.10. The van der Waals surface area contributed by atoms with E-state index < -0.39 is 17.6 Å². The van der Waals surface area contributed by atoms with E-state index >= 15 is 0 Å². The summed E-state index contributed by atoms with van der Waals surface area (Å²) in [6.45, 7) is 4.36. The minimum atomic E-state index is -0.979. The van der Waals surface area contributed by atoms with Gasteiger partial charge in [0, 0.05) is 0 Å². The van der Waals surface area contributed by atoms with Gasteiger partial charge in [-0.15, -0.1) is 0 Å². The fourth-order valence-electron chi connectivity index (χ4n) is 1.74. The van der Waals surface area contributed by atoms with Crippen molar-refractivity contribution in [3.8, 4) is 0 Å². The molecule has 1 aliphatic rings. The van der Waals surface area contributed by atoms with Crippen LogP contribution in [0.1, 0.15) is 33.1 Å². The van der Waals surface area contributed by atoms with Crippen LogP contribution in [0.3, 0.4) is 0 Å². The molecule has 86 valence electrons. The van der Waals surface area contributed by atoms with Gasteiger partial charge in [0.2, 0.25) is 5.91 Å². The van der Waals surface area contributed by atoms with E-state index in [1.165, 1.54) is 0 Å². The summed E-state index contributed by atoms with van der Waals surface area (Å²) in [5.74, 6) is -1.19. The van der Waals surface area contributed by atoms with Crippen molar-refractivity contribution >= 4 is 11.9 Å². The number of hydrogen-bond acceptors (Lipinski definition) is 3. The van der Waals surface area contributed by atoms with Gasteiger partial charge >= 0.3 is 5.97 Å². The first kappa shape index (κ1) is 12.0. The van der Waals surface area contributed by atoms with Crippen LogP contribution in [-0.4, -0.2) is 35.1 Å². The third-order valence-electron chi connectivity index (χ3n) is 2.88. The first-order valence-electron chi connectivity index (χ1n) is 5.28. The molecule has 0 radical (unpaired) electrons. The van der Waals surface area contributed by atoms with Gasteiger partial charge in [-0.3, -0.25) is 4.79 Å². The Morgan fingerprint density at radius 1 is 1.60 bits per heavy atom. The van der Waals surface area contributed by atoms with Gasteiger partial charge in [0.25, 0.3) is 0 Å². The van der Waals surface area contributed by atoms with Gasteiger partial charge in [-0.05, 0) is 32.7 Å². The number of nitrogens with one attached hydrogen (secondary N) is 2. The molecule has 2 atom stereocenters. The average molecular weight is 214 g/mol. The number of carbonyl (C=O) groups excluding carboxylic acids is 1. The fraction of sp³-hybridized carbons (Fsp3) is 0.800. The van der Waals surface area contributed by atoms with Crippen LogP contribution in [0.15, 0.2) is 0 Å². The van der Waals surface area contributed by atoms with Gasteiger partial charge < -0.3 is 15.7 Å². The van der Waals surface area contributed by atoms with Gasteiger partial charge in [-0.1, -0.05) is 6.92 Å². The van der Waals surface area contributed by atoms with Crippen LogP contribution in [0.25, 0.3) is 0 Å². The molecular weight excluding hydrogens is 196 g/mol. The number of amides is 1. The first-order valence-corrected chi connectivity index (χ1v) is 5.28. The number of aliphatic carboxylic acids is 1. The Kier molecular flexibility index (Phi) is 3.68. The predicted molar refractivity (Wildman–Crippen MR) is 55.5 cm³/mol. The highest BCUT2D eigenvalue weighted by Gasteiger charge is 2.37. The van der Waals surface area contributed by atoms with Crippen molar-refractivity contribution in [1.82, 2.24) is 10.6 Å². The normalized spacial score (nSPS) is 27.3. The highest BCUT2D eigenvalue weighted by Crippen LogP contribution is 2.18. The summed E-state index contributed by atoms with van der Waals surface area (Å²) < 4.78 is 0. The monoisotopic (exact) mass is 214 g/mol. The molecule has 1 amide bonds. The smallest absolute Gasteiger partial charge is 0.326 e. The van der Waals surface area contributed by atoms with Gasteiger partial charge in [0.15, 0.2) is 0 Å². The predicted octanol–water partition coefficient (Wildman–Crippen LogP) is 0.108. The maximum atomic E-state index is 11.8. The van der Waals surface area contributed by atoms with Gasteiger partial charge in [-0.2, -0.15) is 0 Å². The van der Waals surface area contributed by atoms with Crippen molar-refractivity contribution in [1.29, 1.82) is 0 Å². The second-order valence-electron chi connectivity index (χ2n) is 4.13. The van der Waals surface area contributed by atoms with Crippen LogP contribution in [0.5, 0.6) is 0 Å². The van der Waals surface area contributed by atoms with Crippen LogP contribution in [-0.2, 0) is 9.59 Å². The SMILES string of the molecule is CC[C@H](NC(=O)C1(C)CCCN1)C(=O)O. The van der Waals surface area contributed by atoms with Crippen LogP contribution in [0.4, 0.5) is 0 Å². The van der Waals surface area contributed by atoms with Crippen molar-refractivity contribution in [3.63, 3.8) is 0 Å². The third kappa shape index (κ3) is 2.68. The maximum Gasteiger partial charge on any atom is 0.326 e. The molecule has 5 nitrogen and oxygen atoms in total. The van der Waals surface area contributed by atoms with Crippen LogP contribution >= 0.6 is 0 Å². The van der Waals surface area contributed by atoms with Crippen molar-refractivity contribution in [2.24, 2.45) is 0 Å². The zero-order chi connectivity index (χ0) is 11.5. The molecule has 0 aromatic carbocycles. The van der Waals surface area contributed by atoms with E-state index in [1.54, 1.807) is 6.92 Å². The second kappa shape index (κ2) is 4.61. The van der Waals surface area contributed by atoms with E-state index in [9.17, 15) is 9.59 Å². The van der Waals surface area contributed by atoms with E-state index in [0.717, 1.165) is 19.4 Å². The highest BCUT2D eigenvalue weighted by molar-refractivity contribution is 5.90. The van der Waals surface area contributed by atoms with Crippen molar-refractivity contribution in [3.05, 3.63) is 0 Å². The molecule has 1 saturated heterocycles. The topological polar surface area (TPSA) is 78.4 Å². The lowest BCUT2D eigenvalue weighted by atomic mass is 9.98. The van der Waals surface area contributed by atoms with E-state index in [0.29, 0.717) is 6.42 Å². The quantitative estimate of drug-likeness (QED) is 0.620. The van der Waals surface area contributed by atoms with Crippen LogP contribution < -0.4 is 10.6 Å². The summed E-state index contributed by atoms with van der Waals surface area (Å²) in [5, 5.41) is 14.5. The minimum Gasteiger partial charge on any atom is -0.480 e. The third-order valence-corrected chi connectivity index (χ3v) is 2.88. The van der Waals surface area contributed by atoms with Crippen molar-refractivity contribution < 1.29 is 14.7 Å². The molecule has 1 unspecified atom stereocenters. The average Bonchev–Trinajstić information content (AvgIpc) is 2.61. The summed E-state index contributed by atoms with van der Waals surface area (Å²) in [7, 11) is 0. The lowest BCUT2D eigenvalue weighted by Crippen LogP contribution is -2.55. The van der Waals surface area contributed by atoms with E-state index in [1.807, 2.05) is 6.92 Å².